The Balaban J connectivity index is 1.56. The number of aliphatic hydroxyl groups excluding tert-OH is 2. The molecular weight excluding hydrogens is 330 g/mol. The fourth-order valence-corrected chi connectivity index (χ4v) is 4.27. The summed E-state index contributed by atoms with van der Waals surface area (Å²) in [4.78, 5) is 6.53. The molecule has 0 spiro atoms. The molecule has 1 aliphatic carbocycles. The van der Waals surface area contributed by atoms with Gasteiger partial charge in [-0.1, -0.05) is 25.3 Å². The minimum atomic E-state index is -0.674. The first kappa shape index (κ1) is 19.7. The van der Waals surface area contributed by atoms with Crippen molar-refractivity contribution < 1.29 is 14.9 Å². The Hall–Kier alpha value is -1.05. The third-order valence-corrected chi connectivity index (χ3v) is 5.81. The van der Waals surface area contributed by atoms with Crippen molar-refractivity contribution in [1.82, 2.24) is 15.2 Å². The quantitative estimate of drug-likeness (QED) is 0.639. The Morgan fingerprint density at radius 1 is 1.23 bits per heavy atom. The van der Waals surface area contributed by atoms with Gasteiger partial charge in [0.25, 0.3) is 0 Å². The highest BCUT2D eigenvalue weighted by molar-refractivity contribution is 5.04. The lowest BCUT2D eigenvalue weighted by molar-refractivity contribution is -0.0220. The fourth-order valence-electron chi connectivity index (χ4n) is 4.27. The molecule has 2 heterocycles. The second kappa shape index (κ2) is 9.76. The van der Waals surface area contributed by atoms with Crippen molar-refractivity contribution in [3.05, 3.63) is 30.1 Å². The van der Waals surface area contributed by atoms with Gasteiger partial charge in [-0.15, -0.1) is 0 Å². The molecule has 0 amide bonds. The van der Waals surface area contributed by atoms with E-state index >= 15 is 0 Å². The van der Waals surface area contributed by atoms with Crippen LogP contribution in [0.3, 0.4) is 0 Å². The number of hydrogen-bond acceptors (Lipinski definition) is 6. The first-order valence-corrected chi connectivity index (χ1v) is 9.97. The molecule has 4 atom stereocenters. The molecule has 0 bridgehead atoms. The molecule has 1 aliphatic heterocycles. The second-order valence-electron chi connectivity index (χ2n) is 7.67. The van der Waals surface area contributed by atoms with Crippen molar-refractivity contribution in [2.24, 2.45) is 0 Å². The van der Waals surface area contributed by atoms with E-state index in [2.05, 4.69) is 15.2 Å². The maximum absolute atomic E-state index is 10.7. The van der Waals surface area contributed by atoms with E-state index in [0.29, 0.717) is 6.04 Å². The molecule has 6 nitrogen and oxygen atoms in total. The number of ether oxygens (including phenoxy) is 1. The smallest absolute Gasteiger partial charge is 0.109 e. The third-order valence-electron chi connectivity index (χ3n) is 5.81. The summed E-state index contributed by atoms with van der Waals surface area (Å²) < 4.78 is 5.98. The highest BCUT2D eigenvalue weighted by atomic mass is 16.5. The molecule has 2 aliphatic rings. The Bertz CT molecular complexity index is 524. The molecule has 1 saturated heterocycles. The van der Waals surface area contributed by atoms with Gasteiger partial charge in [0, 0.05) is 37.4 Å². The minimum Gasteiger partial charge on any atom is -0.394 e. The highest BCUT2D eigenvalue weighted by Gasteiger charge is 2.45. The normalized spacial score (nSPS) is 30.2. The van der Waals surface area contributed by atoms with Crippen LogP contribution in [0, 0.1) is 0 Å². The SMILES string of the molecule is CN(CCc1ccccn1)[C@@H]1[C@H](O)[C@H](CO)O[C@@H]1CNC1CCCCC1. The summed E-state index contributed by atoms with van der Waals surface area (Å²) in [7, 11) is 2.02. The zero-order valence-corrected chi connectivity index (χ0v) is 15.8. The van der Waals surface area contributed by atoms with E-state index < -0.39 is 12.2 Å². The second-order valence-corrected chi connectivity index (χ2v) is 7.67. The van der Waals surface area contributed by atoms with E-state index in [0.717, 1.165) is 25.2 Å². The van der Waals surface area contributed by atoms with E-state index in [9.17, 15) is 10.2 Å². The van der Waals surface area contributed by atoms with Crippen LogP contribution < -0.4 is 5.32 Å². The van der Waals surface area contributed by atoms with Crippen LogP contribution in [0.4, 0.5) is 0 Å². The van der Waals surface area contributed by atoms with Crippen LogP contribution in [0.5, 0.6) is 0 Å². The Kier molecular flexibility index (Phi) is 7.40. The number of nitrogens with zero attached hydrogens (tertiary/aromatic N) is 2. The van der Waals surface area contributed by atoms with Crippen LogP contribution in [-0.2, 0) is 11.2 Å². The largest absolute Gasteiger partial charge is 0.394 e. The van der Waals surface area contributed by atoms with Gasteiger partial charge in [-0.25, -0.2) is 0 Å². The monoisotopic (exact) mass is 363 g/mol. The third kappa shape index (κ3) is 5.02. The average molecular weight is 364 g/mol. The molecule has 0 radical (unpaired) electrons. The van der Waals surface area contributed by atoms with Crippen LogP contribution in [0.1, 0.15) is 37.8 Å². The summed E-state index contributed by atoms with van der Waals surface area (Å²) >= 11 is 0. The summed E-state index contributed by atoms with van der Waals surface area (Å²) in [5, 5.41) is 23.8. The highest BCUT2D eigenvalue weighted by Crippen LogP contribution is 2.26. The molecule has 6 heteroatoms. The number of pyridine rings is 1. The molecule has 3 rings (SSSR count). The lowest BCUT2D eigenvalue weighted by Gasteiger charge is -2.32. The predicted octanol–water partition coefficient (Wildman–Crippen LogP) is 0.967. The van der Waals surface area contributed by atoms with Crippen LogP contribution >= 0.6 is 0 Å². The van der Waals surface area contributed by atoms with Crippen LogP contribution in [-0.4, -0.2) is 77.2 Å². The summed E-state index contributed by atoms with van der Waals surface area (Å²) in [6.07, 6.45) is 7.70. The van der Waals surface area contributed by atoms with Gasteiger partial charge < -0.3 is 20.3 Å². The molecule has 3 N–H and O–H groups in total. The zero-order chi connectivity index (χ0) is 18.4. The molecule has 2 fully saturated rings. The molecule has 0 unspecified atom stereocenters. The van der Waals surface area contributed by atoms with Crippen molar-refractivity contribution in [2.75, 3.05) is 26.7 Å². The van der Waals surface area contributed by atoms with Crippen molar-refractivity contribution >= 4 is 0 Å². The van der Waals surface area contributed by atoms with Crippen molar-refractivity contribution in [1.29, 1.82) is 0 Å². The maximum atomic E-state index is 10.7. The Morgan fingerprint density at radius 3 is 2.73 bits per heavy atom. The molecule has 1 aromatic heterocycles. The van der Waals surface area contributed by atoms with E-state index in [-0.39, 0.29) is 18.8 Å². The number of aromatic nitrogens is 1. The molecule has 1 aromatic rings. The number of likely N-dealkylation sites (N-methyl/N-ethyl adjacent to an activating group) is 1. The lowest BCUT2D eigenvalue weighted by Crippen LogP contribution is -2.50. The number of hydrogen-bond donors (Lipinski definition) is 3. The van der Waals surface area contributed by atoms with Gasteiger partial charge in [-0.3, -0.25) is 9.88 Å². The van der Waals surface area contributed by atoms with Crippen LogP contribution in [0.2, 0.25) is 0 Å². The van der Waals surface area contributed by atoms with E-state index in [1.165, 1.54) is 32.1 Å². The average Bonchev–Trinajstić information content (AvgIpc) is 3.01. The summed E-state index contributed by atoms with van der Waals surface area (Å²) in [6.45, 7) is 1.36. The first-order chi connectivity index (χ1) is 12.7. The van der Waals surface area contributed by atoms with Gasteiger partial charge >= 0.3 is 0 Å². The van der Waals surface area contributed by atoms with Crippen molar-refractivity contribution in [3.8, 4) is 0 Å². The number of aliphatic hydroxyl groups is 2. The van der Waals surface area contributed by atoms with Crippen molar-refractivity contribution in [3.63, 3.8) is 0 Å². The lowest BCUT2D eigenvalue weighted by atomic mass is 9.95. The van der Waals surface area contributed by atoms with Crippen molar-refractivity contribution in [2.45, 2.75) is 68.9 Å². The van der Waals surface area contributed by atoms with Gasteiger partial charge in [-0.2, -0.15) is 0 Å². The molecule has 1 saturated carbocycles. The molecule has 26 heavy (non-hydrogen) atoms. The van der Waals surface area contributed by atoms with Gasteiger partial charge in [0.05, 0.1) is 18.8 Å². The molecule has 0 aromatic carbocycles. The molecule has 146 valence electrons. The van der Waals surface area contributed by atoms with E-state index in [1.807, 2.05) is 31.4 Å². The summed E-state index contributed by atoms with van der Waals surface area (Å²) in [5.41, 5.74) is 1.04. The number of nitrogens with one attached hydrogen (secondary N) is 1. The van der Waals surface area contributed by atoms with Crippen LogP contribution in [0.15, 0.2) is 24.4 Å². The van der Waals surface area contributed by atoms with Crippen LogP contribution in [0.25, 0.3) is 0 Å². The predicted molar refractivity (Wildman–Crippen MR) is 101 cm³/mol. The first-order valence-electron chi connectivity index (χ1n) is 9.97. The van der Waals surface area contributed by atoms with E-state index in [4.69, 9.17) is 4.74 Å². The van der Waals surface area contributed by atoms with Gasteiger partial charge in [0.15, 0.2) is 0 Å². The Morgan fingerprint density at radius 2 is 2.04 bits per heavy atom. The topological polar surface area (TPSA) is 77.9 Å². The van der Waals surface area contributed by atoms with Gasteiger partial charge in [-0.05, 0) is 32.0 Å². The zero-order valence-electron chi connectivity index (χ0n) is 15.8. The number of rotatable bonds is 8. The fraction of sp³-hybridized carbons (Fsp3) is 0.750. The summed E-state index contributed by atoms with van der Waals surface area (Å²) in [6, 6.07) is 6.37. The van der Waals surface area contributed by atoms with Gasteiger partial charge in [0.1, 0.15) is 12.2 Å². The molecular formula is C20H33N3O3. The van der Waals surface area contributed by atoms with Gasteiger partial charge in [0.2, 0.25) is 0 Å². The maximum Gasteiger partial charge on any atom is 0.109 e. The minimum absolute atomic E-state index is 0.113. The summed E-state index contributed by atoms with van der Waals surface area (Å²) in [5.74, 6) is 0. The Labute approximate surface area is 156 Å². The van der Waals surface area contributed by atoms with E-state index in [1.54, 1.807) is 0 Å². The standard InChI is InChI=1S/C20H33N3O3/c1-23(12-10-16-9-5-6-11-21-16)19-17(26-18(14-24)20(19)25)13-22-15-7-3-2-4-8-15/h5-6,9,11,15,17-20,22,24-25H,2-4,7-8,10,12-14H2,1H3/t17-,18+,19+,20-/m1/s1.